The zero-order valence-corrected chi connectivity index (χ0v) is 25.8. The summed E-state index contributed by atoms with van der Waals surface area (Å²) in [6.45, 7) is 0. The Kier molecular flexibility index (Phi) is 10.1. The summed E-state index contributed by atoms with van der Waals surface area (Å²) in [6, 6.07) is 41.3. The fourth-order valence-corrected chi connectivity index (χ4v) is 6.31. The first-order valence-electron chi connectivity index (χ1n) is 14.5. The van der Waals surface area contributed by atoms with Gasteiger partial charge in [-0.15, -0.1) is 20.4 Å². The Morgan fingerprint density at radius 3 is 1.20 bits per heavy atom. The van der Waals surface area contributed by atoms with Crippen molar-refractivity contribution < 1.29 is 0 Å². The normalized spacial score (nSPS) is 11.5. The third-order valence-electron chi connectivity index (χ3n) is 6.84. The lowest BCUT2D eigenvalue weighted by atomic mass is 10.2. The van der Waals surface area contributed by atoms with Crippen molar-refractivity contribution in [1.82, 2.24) is 29.5 Å². The summed E-state index contributed by atoms with van der Waals surface area (Å²) in [4.78, 5) is 0. The molecule has 0 aliphatic heterocycles. The van der Waals surface area contributed by atoms with E-state index in [1.807, 2.05) is 48.5 Å². The van der Waals surface area contributed by atoms with Gasteiger partial charge < -0.3 is 0 Å². The van der Waals surface area contributed by atoms with Gasteiger partial charge in [-0.05, 0) is 35.4 Å². The van der Waals surface area contributed by atoms with Gasteiger partial charge in [0, 0.05) is 35.7 Å². The number of nitrogens with zero attached hydrogens (tertiary/aromatic N) is 6. The molecule has 0 radical (unpaired) electrons. The van der Waals surface area contributed by atoms with Gasteiger partial charge in [-0.25, -0.2) is 0 Å². The molecular formula is C36H32N6S2. The molecule has 0 bridgehead atoms. The number of aromatic nitrogens is 6. The Labute approximate surface area is 266 Å². The van der Waals surface area contributed by atoms with E-state index in [2.05, 4.69) is 127 Å². The van der Waals surface area contributed by atoms with Crippen LogP contribution in [0.3, 0.4) is 0 Å². The Hall–Kier alpha value is -4.66. The lowest BCUT2D eigenvalue weighted by Gasteiger charge is -2.11. The first-order valence-corrected chi connectivity index (χ1v) is 16.5. The number of thioether (sulfide) groups is 2. The third-order valence-corrected chi connectivity index (χ3v) is 8.60. The molecule has 0 unspecified atom stereocenters. The van der Waals surface area contributed by atoms with Crippen LogP contribution in [0.4, 0.5) is 0 Å². The van der Waals surface area contributed by atoms with Gasteiger partial charge in [0.2, 0.25) is 0 Å². The zero-order chi connectivity index (χ0) is 29.8. The topological polar surface area (TPSA) is 61.4 Å². The van der Waals surface area contributed by atoms with Gasteiger partial charge in [-0.3, -0.25) is 9.13 Å². The van der Waals surface area contributed by atoms with E-state index in [4.69, 9.17) is 0 Å². The molecule has 0 saturated heterocycles. The number of aryl methyl sites for hydroxylation is 2. The maximum atomic E-state index is 4.64. The minimum Gasteiger partial charge on any atom is -0.274 e. The summed E-state index contributed by atoms with van der Waals surface area (Å²) >= 11 is 3.35. The summed E-state index contributed by atoms with van der Waals surface area (Å²) in [5, 5.41) is 20.2. The second-order valence-corrected chi connectivity index (χ2v) is 11.9. The van der Waals surface area contributed by atoms with E-state index < -0.39 is 0 Å². The van der Waals surface area contributed by atoms with Crippen molar-refractivity contribution in [3.63, 3.8) is 0 Å². The molecule has 6 nitrogen and oxygen atoms in total. The molecule has 0 N–H and O–H groups in total. The molecule has 2 heterocycles. The zero-order valence-electron chi connectivity index (χ0n) is 24.2. The van der Waals surface area contributed by atoms with Crippen molar-refractivity contribution in [1.29, 1.82) is 0 Å². The van der Waals surface area contributed by atoms with Crippen molar-refractivity contribution >= 4 is 35.7 Å². The Morgan fingerprint density at radius 1 is 0.455 bits per heavy atom. The van der Waals surface area contributed by atoms with Crippen molar-refractivity contribution in [3.05, 3.63) is 156 Å². The molecule has 4 aromatic carbocycles. The molecule has 44 heavy (non-hydrogen) atoms. The van der Waals surface area contributed by atoms with Crippen molar-refractivity contribution in [2.24, 2.45) is 0 Å². The number of rotatable bonds is 13. The molecule has 6 aromatic rings. The van der Waals surface area contributed by atoms with Crippen LogP contribution in [0.5, 0.6) is 0 Å². The van der Waals surface area contributed by atoms with E-state index in [-0.39, 0.29) is 0 Å². The molecule has 0 amide bonds. The van der Waals surface area contributed by atoms with Crippen LogP contribution in [-0.2, 0) is 12.8 Å². The monoisotopic (exact) mass is 612 g/mol. The minimum absolute atomic E-state index is 0.672. The van der Waals surface area contributed by atoms with Crippen molar-refractivity contribution in [2.45, 2.75) is 23.2 Å². The van der Waals surface area contributed by atoms with Crippen LogP contribution in [0.25, 0.3) is 23.5 Å². The Bertz CT molecular complexity index is 1660. The molecule has 0 saturated carbocycles. The quantitative estimate of drug-likeness (QED) is 0.122. The molecule has 0 fully saturated rings. The van der Waals surface area contributed by atoms with E-state index in [0.717, 1.165) is 44.8 Å². The summed E-state index contributed by atoms with van der Waals surface area (Å²) in [7, 11) is 0. The first-order chi connectivity index (χ1) is 21.8. The van der Waals surface area contributed by atoms with E-state index in [9.17, 15) is 0 Å². The standard InChI is InChI=1S/C36H32N6S2/c1-5-15-29(16-6-1)19-13-27-43-35-39-37-33(41(35)31-21-9-3-10-22-31)25-26-34-38-40-36(42(34)32-23-11-4-12-24-32)44-28-14-20-30-17-7-2-8-18-30/h1-24H,25-28H2. The highest BCUT2D eigenvalue weighted by molar-refractivity contribution is 7.99. The molecule has 218 valence electrons. The van der Waals surface area contributed by atoms with Crippen LogP contribution in [-0.4, -0.2) is 41.0 Å². The van der Waals surface area contributed by atoms with Gasteiger partial charge in [0.05, 0.1) is 0 Å². The van der Waals surface area contributed by atoms with Crippen LogP contribution in [0.15, 0.2) is 144 Å². The van der Waals surface area contributed by atoms with Gasteiger partial charge in [0.25, 0.3) is 0 Å². The van der Waals surface area contributed by atoms with E-state index in [1.165, 1.54) is 11.1 Å². The van der Waals surface area contributed by atoms with Gasteiger partial charge in [0.1, 0.15) is 11.6 Å². The van der Waals surface area contributed by atoms with Crippen LogP contribution >= 0.6 is 23.5 Å². The van der Waals surface area contributed by atoms with Crippen LogP contribution < -0.4 is 0 Å². The van der Waals surface area contributed by atoms with E-state index in [1.54, 1.807) is 23.5 Å². The highest BCUT2D eigenvalue weighted by Gasteiger charge is 2.18. The summed E-state index contributed by atoms with van der Waals surface area (Å²) in [6.07, 6.45) is 9.96. The van der Waals surface area contributed by atoms with Gasteiger partial charge in [-0.1, -0.05) is 145 Å². The summed E-state index contributed by atoms with van der Waals surface area (Å²) in [5.41, 5.74) is 4.47. The summed E-state index contributed by atoms with van der Waals surface area (Å²) < 4.78 is 4.32. The molecule has 0 atom stereocenters. The molecular weight excluding hydrogens is 581 g/mol. The average molecular weight is 613 g/mol. The maximum absolute atomic E-state index is 4.64. The second kappa shape index (κ2) is 15.2. The third kappa shape index (κ3) is 7.64. The fourth-order valence-electron chi connectivity index (χ4n) is 4.75. The lowest BCUT2D eigenvalue weighted by molar-refractivity contribution is 0.745. The highest BCUT2D eigenvalue weighted by atomic mass is 32.2. The molecule has 2 aromatic heterocycles. The molecule has 6 rings (SSSR count). The van der Waals surface area contributed by atoms with Gasteiger partial charge in [-0.2, -0.15) is 0 Å². The Morgan fingerprint density at radius 2 is 0.818 bits per heavy atom. The number of hydrogen-bond donors (Lipinski definition) is 0. The second-order valence-electron chi connectivity index (χ2n) is 9.89. The maximum Gasteiger partial charge on any atom is 0.196 e. The van der Waals surface area contributed by atoms with Gasteiger partial charge in [0.15, 0.2) is 10.3 Å². The average Bonchev–Trinajstić information content (AvgIpc) is 3.69. The predicted octanol–water partition coefficient (Wildman–Crippen LogP) is 8.24. The number of hydrogen-bond acceptors (Lipinski definition) is 6. The largest absolute Gasteiger partial charge is 0.274 e. The summed E-state index contributed by atoms with van der Waals surface area (Å²) in [5.74, 6) is 3.38. The Balaban J connectivity index is 1.20. The van der Waals surface area contributed by atoms with Gasteiger partial charge >= 0.3 is 0 Å². The molecule has 0 aliphatic rings. The first kappa shape index (κ1) is 29.4. The van der Waals surface area contributed by atoms with Crippen LogP contribution in [0, 0.1) is 0 Å². The molecule has 8 heteroatoms. The van der Waals surface area contributed by atoms with E-state index in [0.29, 0.717) is 12.8 Å². The molecule has 0 spiro atoms. The highest BCUT2D eigenvalue weighted by Crippen LogP contribution is 2.26. The number of para-hydroxylation sites is 2. The minimum atomic E-state index is 0.672. The van der Waals surface area contributed by atoms with Crippen molar-refractivity contribution in [2.75, 3.05) is 11.5 Å². The molecule has 0 aliphatic carbocycles. The lowest BCUT2D eigenvalue weighted by Crippen LogP contribution is -2.08. The smallest absolute Gasteiger partial charge is 0.196 e. The van der Waals surface area contributed by atoms with Crippen LogP contribution in [0.2, 0.25) is 0 Å². The van der Waals surface area contributed by atoms with E-state index >= 15 is 0 Å². The van der Waals surface area contributed by atoms with Crippen LogP contribution in [0.1, 0.15) is 22.8 Å². The van der Waals surface area contributed by atoms with Crippen molar-refractivity contribution in [3.8, 4) is 11.4 Å². The predicted molar refractivity (Wildman–Crippen MR) is 183 cm³/mol. The fraction of sp³-hybridized carbons (Fsp3) is 0.111. The number of benzene rings is 4. The SMILES string of the molecule is C(=Cc1ccccc1)CSc1nnc(CCc2nnc(SCC=Cc3ccccc3)n2-c2ccccc2)n1-c1ccccc1.